The second-order valence-electron chi connectivity index (χ2n) is 4.80. The fourth-order valence-corrected chi connectivity index (χ4v) is 1.89. The zero-order valence-electron chi connectivity index (χ0n) is 10.4. The Balaban J connectivity index is 1.79. The van der Waals surface area contributed by atoms with Gasteiger partial charge in [-0.1, -0.05) is 24.3 Å². The Morgan fingerprint density at radius 1 is 1.39 bits per heavy atom. The number of aromatic nitrogens is 3. The number of benzene rings is 1. The third-order valence-corrected chi connectivity index (χ3v) is 3.19. The van der Waals surface area contributed by atoms with Gasteiger partial charge in [0.1, 0.15) is 0 Å². The van der Waals surface area contributed by atoms with Crippen LogP contribution in [0.5, 0.6) is 0 Å². The first-order valence-corrected chi connectivity index (χ1v) is 6.24. The van der Waals surface area contributed by atoms with E-state index in [9.17, 15) is 0 Å². The van der Waals surface area contributed by atoms with Crippen molar-refractivity contribution in [2.75, 3.05) is 11.1 Å². The summed E-state index contributed by atoms with van der Waals surface area (Å²) < 4.78 is 1.74. The van der Waals surface area contributed by atoms with Crippen LogP contribution in [0.2, 0.25) is 0 Å². The Hall–Kier alpha value is -2.04. The van der Waals surface area contributed by atoms with Crippen molar-refractivity contribution in [1.82, 2.24) is 14.8 Å². The van der Waals surface area contributed by atoms with Gasteiger partial charge in [0.25, 0.3) is 0 Å². The summed E-state index contributed by atoms with van der Waals surface area (Å²) in [6.07, 6.45) is 2.40. The molecule has 94 valence electrons. The first-order chi connectivity index (χ1) is 8.72. The minimum atomic E-state index is 0.460. The Labute approximate surface area is 106 Å². The van der Waals surface area contributed by atoms with Gasteiger partial charge in [0.2, 0.25) is 11.9 Å². The summed E-state index contributed by atoms with van der Waals surface area (Å²) in [6.45, 7) is 2.75. The van der Waals surface area contributed by atoms with Gasteiger partial charge in [0.15, 0.2) is 0 Å². The molecule has 0 unspecified atom stereocenters. The maximum atomic E-state index is 5.88. The number of nitrogens with one attached hydrogen (secondary N) is 1. The van der Waals surface area contributed by atoms with Crippen molar-refractivity contribution in [3.05, 3.63) is 35.4 Å². The van der Waals surface area contributed by atoms with Crippen LogP contribution >= 0.6 is 0 Å². The Bertz CT molecular complexity index is 556. The van der Waals surface area contributed by atoms with Crippen LogP contribution in [0.4, 0.5) is 11.9 Å². The van der Waals surface area contributed by atoms with Gasteiger partial charge in [-0.15, -0.1) is 5.10 Å². The van der Waals surface area contributed by atoms with Gasteiger partial charge in [-0.3, -0.25) is 0 Å². The number of rotatable bonds is 4. The molecule has 0 aliphatic heterocycles. The molecule has 3 N–H and O–H groups in total. The predicted molar refractivity (Wildman–Crippen MR) is 71.4 cm³/mol. The number of nitrogens with two attached hydrogens (primary N) is 1. The van der Waals surface area contributed by atoms with E-state index in [1.54, 1.807) is 4.68 Å². The van der Waals surface area contributed by atoms with Crippen LogP contribution in [0.15, 0.2) is 24.3 Å². The lowest BCUT2D eigenvalue weighted by Crippen LogP contribution is -2.08. The van der Waals surface area contributed by atoms with Crippen LogP contribution in [0.25, 0.3) is 0 Å². The summed E-state index contributed by atoms with van der Waals surface area (Å²) in [5.74, 6) is 1.10. The molecule has 2 aromatic rings. The molecule has 5 nitrogen and oxygen atoms in total. The van der Waals surface area contributed by atoms with E-state index in [1.165, 1.54) is 24.0 Å². The summed E-state index contributed by atoms with van der Waals surface area (Å²) in [7, 11) is 0. The largest absolute Gasteiger partial charge is 0.368 e. The fraction of sp³-hybridized carbons (Fsp3) is 0.385. The van der Waals surface area contributed by atoms with Crippen LogP contribution in [0.1, 0.15) is 24.0 Å². The molecular weight excluding hydrogens is 226 g/mol. The number of hydrogen-bond acceptors (Lipinski definition) is 4. The van der Waals surface area contributed by atoms with E-state index in [2.05, 4.69) is 34.5 Å². The Morgan fingerprint density at radius 3 is 2.89 bits per heavy atom. The SMILES string of the molecule is Cc1ccccc1Cn1nc(NC2CC2)nc1N. The van der Waals surface area contributed by atoms with Crippen LogP contribution in [0.3, 0.4) is 0 Å². The van der Waals surface area contributed by atoms with Crippen molar-refractivity contribution in [3.63, 3.8) is 0 Å². The van der Waals surface area contributed by atoms with E-state index in [4.69, 9.17) is 5.73 Å². The summed E-state index contributed by atoms with van der Waals surface area (Å²) in [4.78, 5) is 4.24. The normalized spacial score (nSPS) is 14.7. The van der Waals surface area contributed by atoms with Gasteiger partial charge in [-0.05, 0) is 30.9 Å². The van der Waals surface area contributed by atoms with E-state index in [1.807, 2.05) is 12.1 Å². The van der Waals surface area contributed by atoms with E-state index < -0.39 is 0 Å². The predicted octanol–water partition coefficient (Wildman–Crippen LogP) is 1.79. The minimum Gasteiger partial charge on any atom is -0.368 e. The smallest absolute Gasteiger partial charge is 0.244 e. The number of nitrogens with zero attached hydrogens (tertiary/aromatic N) is 3. The molecule has 1 aromatic carbocycles. The molecule has 0 amide bonds. The second kappa shape index (κ2) is 4.33. The Kier molecular flexibility index (Phi) is 2.66. The Morgan fingerprint density at radius 2 is 2.17 bits per heavy atom. The summed E-state index contributed by atoms with van der Waals surface area (Å²) in [5.41, 5.74) is 8.34. The average Bonchev–Trinajstić information content (AvgIpc) is 3.08. The standard InChI is InChI=1S/C13H17N5/c1-9-4-2-3-5-10(9)8-18-12(14)16-13(17-18)15-11-6-7-11/h2-5,11H,6-8H2,1H3,(H3,14,15,16,17). The first-order valence-electron chi connectivity index (χ1n) is 6.24. The van der Waals surface area contributed by atoms with Crippen molar-refractivity contribution < 1.29 is 0 Å². The van der Waals surface area contributed by atoms with Crippen molar-refractivity contribution in [2.24, 2.45) is 0 Å². The molecular formula is C13H17N5. The molecule has 0 spiro atoms. The maximum Gasteiger partial charge on any atom is 0.244 e. The summed E-state index contributed by atoms with van der Waals surface area (Å²) in [5, 5.41) is 7.65. The molecule has 0 radical (unpaired) electrons. The lowest BCUT2D eigenvalue weighted by molar-refractivity contribution is 0.694. The molecule has 1 fully saturated rings. The molecule has 1 aromatic heterocycles. The molecule has 1 saturated carbocycles. The maximum absolute atomic E-state index is 5.88. The lowest BCUT2D eigenvalue weighted by Gasteiger charge is -2.05. The van der Waals surface area contributed by atoms with Crippen LogP contribution in [0, 0.1) is 6.92 Å². The van der Waals surface area contributed by atoms with Gasteiger partial charge in [-0.25, -0.2) is 4.68 Å². The lowest BCUT2D eigenvalue weighted by atomic mass is 10.1. The average molecular weight is 243 g/mol. The number of hydrogen-bond donors (Lipinski definition) is 2. The van der Waals surface area contributed by atoms with E-state index in [0.29, 0.717) is 24.5 Å². The van der Waals surface area contributed by atoms with E-state index in [0.717, 1.165) is 0 Å². The van der Waals surface area contributed by atoms with Gasteiger partial charge in [-0.2, -0.15) is 4.98 Å². The van der Waals surface area contributed by atoms with Crippen molar-refractivity contribution in [1.29, 1.82) is 0 Å². The van der Waals surface area contributed by atoms with Gasteiger partial charge < -0.3 is 11.1 Å². The van der Waals surface area contributed by atoms with Gasteiger partial charge in [0.05, 0.1) is 6.54 Å². The molecule has 5 heteroatoms. The van der Waals surface area contributed by atoms with E-state index >= 15 is 0 Å². The zero-order chi connectivity index (χ0) is 12.5. The summed E-state index contributed by atoms with van der Waals surface area (Å²) >= 11 is 0. The van der Waals surface area contributed by atoms with Crippen LogP contribution in [-0.2, 0) is 6.54 Å². The first kappa shape index (κ1) is 11.1. The molecule has 3 rings (SSSR count). The molecule has 0 atom stereocenters. The van der Waals surface area contributed by atoms with Gasteiger partial charge in [0, 0.05) is 6.04 Å². The zero-order valence-corrected chi connectivity index (χ0v) is 10.4. The molecule has 1 heterocycles. The number of aryl methyl sites for hydroxylation is 1. The van der Waals surface area contributed by atoms with Crippen LogP contribution < -0.4 is 11.1 Å². The van der Waals surface area contributed by atoms with Crippen LogP contribution in [-0.4, -0.2) is 20.8 Å². The fourth-order valence-electron chi connectivity index (χ4n) is 1.89. The monoisotopic (exact) mass is 243 g/mol. The quantitative estimate of drug-likeness (QED) is 0.859. The second-order valence-corrected chi connectivity index (χ2v) is 4.80. The minimum absolute atomic E-state index is 0.460. The highest BCUT2D eigenvalue weighted by Gasteiger charge is 2.23. The van der Waals surface area contributed by atoms with Gasteiger partial charge >= 0.3 is 0 Å². The van der Waals surface area contributed by atoms with Crippen molar-refractivity contribution >= 4 is 11.9 Å². The van der Waals surface area contributed by atoms with E-state index in [-0.39, 0.29) is 0 Å². The molecule has 1 aliphatic rings. The molecule has 1 aliphatic carbocycles. The molecule has 18 heavy (non-hydrogen) atoms. The topological polar surface area (TPSA) is 68.8 Å². The highest BCUT2D eigenvalue weighted by molar-refractivity contribution is 5.35. The molecule has 0 saturated heterocycles. The number of nitrogen functional groups attached to an aromatic ring is 1. The highest BCUT2D eigenvalue weighted by atomic mass is 15.4. The third kappa shape index (κ3) is 2.30. The summed E-state index contributed by atoms with van der Waals surface area (Å²) in [6, 6.07) is 8.78. The van der Waals surface area contributed by atoms with Crippen molar-refractivity contribution in [2.45, 2.75) is 32.4 Å². The number of anilines is 2. The molecule has 0 bridgehead atoms. The highest BCUT2D eigenvalue weighted by Crippen LogP contribution is 2.23. The van der Waals surface area contributed by atoms with Crippen molar-refractivity contribution in [3.8, 4) is 0 Å². The third-order valence-electron chi connectivity index (χ3n) is 3.19.